The number of aryl methyl sites for hydroxylation is 7. The average molecular weight is 1910 g/mol. The van der Waals surface area contributed by atoms with Crippen molar-refractivity contribution in [3.8, 4) is 52.9 Å². The molecule has 10 N–H and O–H groups in total. The second kappa shape index (κ2) is 40.2. The number of hydrogen-bond acceptors (Lipinski definition) is 25. The minimum Gasteiger partial charge on any atom is -0.396 e. The molecule has 4 aliphatic rings. The quantitative estimate of drug-likeness (QED) is 0.0382. The van der Waals surface area contributed by atoms with E-state index in [4.69, 9.17) is 30.6 Å². The highest BCUT2D eigenvalue weighted by molar-refractivity contribution is 7.23. The molecule has 20 aromatic rings. The molecule has 30 heteroatoms. The van der Waals surface area contributed by atoms with Gasteiger partial charge in [0.2, 0.25) is 0 Å². The first kappa shape index (κ1) is 91.6. The number of nitrogens with zero attached hydrogens (tertiary/aromatic N) is 15. The van der Waals surface area contributed by atoms with Gasteiger partial charge in [-0.05, 0) is 339 Å². The van der Waals surface area contributed by atoms with Crippen molar-refractivity contribution in [2.75, 3.05) is 39.7 Å². The Morgan fingerprint density at radius 3 is 1.01 bits per heavy atom. The van der Waals surface area contributed by atoms with Crippen LogP contribution in [0.3, 0.4) is 0 Å². The van der Waals surface area contributed by atoms with E-state index in [1.165, 1.54) is 114 Å². The van der Waals surface area contributed by atoms with Gasteiger partial charge in [0.1, 0.15) is 57.6 Å². The highest BCUT2D eigenvalue weighted by Gasteiger charge is 2.27. The molecule has 0 saturated heterocycles. The molecular weight excluding hydrogens is 1790 g/mol. The molecule has 1 atom stereocenters. The van der Waals surface area contributed by atoms with Crippen LogP contribution in [0.15, 0.2) is 201 Å². The second-order valence-electron chi connectivity index (χ2n) is 37.3. The van der Waals surface area contributed by atoms with E-state index in [0.29, 0.717) is 24.2 Å². The molecule has 25 nitrogen and oxygen atoms in total. The van der Waals surface area contributed by atoms with E-state index in [-0.39, 0.29) is 36.9 Å². The van der Waals surface area contributed by atoms with E-state index in [0.717, 1.165) is 201 Å². The monoisotopic (exact) mass is 1910 g/mol. The Bertz CT molecular complexity index is 7400. The summed E-state index contributed by atoms with van der Waals surface area (Å²) < 4.78 is 16.1. The Hall–Kier alpha value is -12.2. The smallest absolute Gasteiger partial charge is 0.154 e. The van der Waals surface area contributed by atoms with Crippen molar-refractivity contribution in [3.05, 3.63) is 240 Å². The van der Waals surface area contributed by atoms with Gasteiger partial charge < -0.3 is 52.1 Å². The number of rotatable bonds is 18. The summed E-state index contributed by atoms with van der Waals surface area (Å²) in [5.74, 6) is 4.55. The summed E-state index contributed by atoms with van der Waals surface area (Å²) in [5.41, 5.74) is 18.4. The Kier molecular flexibility index (Phi) is 27.1. The van der Waals surface area contributed by atoms with Crippen molar-refractivity contribution in [3.63, 3.8) is 0 Å². The number of anilines is 5. The maximum Gasteiger partial charge on any atom is 0.154 e. The molecule has 0 radical (unpaired) electrons. The molecule has 136 heavy (non-hydrogen) atoms. The van der Waals surface area contributed by atoms with Crippen molar-refractivity contribution >= 4 is 164 Å². The molecule has 0 aliphatic heterocycles. The van der Waals surface area contributed by atoms with Crippen molar-refractivity contribution in [1.29, 1.82) is 0 Å². The van der Waals surface area contributed by atoms with Gasteiger partial charge in [-0.15, -0.1) is 82.2 Å². The van der Waals surface area contributed by atoms with Gasteiger partial charge >= 0.3 is 0 Å². The van der Waals surface area contributed by atoms with Gasteiger partial charge in [-0.25, -0.2) is 47.5 Å². The van der Waals surface area contributed by atoms with Crippen LogP contribution in [-0.4, -0.2) is 160 Å². The number of aliphatic hydroxyl groups excluding tert-OH is 5. The maximum atomic E-state index is 9.71. The van der Waals surface area contributed by atoms with Crippen LogP contribution in [0, 0.1) is 54.4 Å². The van der Waals surface area contributed by atoms with E-state index in [1.807, 2.05) is 121 Å². The maximum absolute atomic E-state index is 9.71. The molecule has 15 heterocycles. The van der Waals surface area contributed by atoms with Gasteiger partial charge in [-0.2, -0.15) is 0 Å². The number of aromatic nitrogens is 15. The van der Waals surface area contributed by atoms with Crippen molar-refractivity contribution in [2.24, 2.45) is 5.92 Å². The fourth-order valence-electron chi connectivity index (χ4n) is 18.6. The van der Waals surface area contributed by atoms with Gasteiger partial charge in [0.25, 0.3) is 0 Å². The van der Waals surface area contributed by atoms with Crippen LogP contribution >= 0.6 is 56.7 Å². The zero-order valence-corrected chi connectivity index (χ0v) is 81.8. The minimum atomic E-state index is -0.144. The van der Waals surface area contributed by atoms with Crippen LogP contribution in [0.25, 0.3) is 132 Å². The van der Waals surface area contributed by atoms with E-state index in [2.05, 4.69) is 209 Å². The van der Waals surface area contributed by atoms with Crippen molar-refractivity contribution < 1.29 is 25.5 Å². The van der Waals surface area contributed by atoms with E-state index in [9.17, 15) is 20.4 Å². The lowest BCUT2D eigenvalue weighted by molar-refractivity contribution is 0.125. The summed E-state index contributed by atoms with van der Waals surface area (Å²) in [7, 11) is 0. The molecule has 0 amide bonds. The fourth-order valence-corrected chi connectivity index (χ4v) is 24.2. The first-order valence-corrected chi connectivity index (χ1v) is 51.6. The lowest BCUT2D eigenvalue weighted by atomic mass is 9.93. The van der Waals surface area contributed by atoms with Crippen LogP contribution in [0.1, 0.15) is 155 Å². The number of hydrogen-bond donors (Lipinski definition) is 10. The van der Waals surface area contributed by atoms with Crippen LogP contribution in [0.4, 0.5) is 29.1 Å². The molecule has 0 spiro atoms. The molecule has 24 rings (SSSR count). The zero-order chi connectivity index (χ0) is 93.4. The largest absolute Gasteiger partial charge is 0.396 e. The Labute approximate surface area is 808 Å². The second-order valence-corrected chi connectivity index (χ2v) is 42.7. The molecule has 4 saturated carbocycles. The summed E-state index contributed by atoms with van der Waals surface area (Å²) in [6, 6.07) is 61.1. The summed E-state index contributed by atoms with van der Waals surface area (Å²) >= 11 is 8.90. The lowest BCUT2D eigenvalue weighted by Gasteiger charge is -2.26. The third kappa shape index (κ3) is 20.6. The van der Waals surface area contributed by atoms with E-state index < -0.39 is 0 Å². The molecule has 5 aromatic carbocycles. The summed E-state index contributed by atoms with van der Waals surface area (Å²) in [5, 5.41) is 95.7. The third-order valence-corrected chi connectivity index (χ3v) is 32.7. The molecule has 0 bridgehead atoms. The van der Waals surface area contributed by atoms with E-state index in [1.54, 1.807) is 56.7 Å². The molecule has 4 aliphatic carbocycles. The molecule has 1 unspecified atom stereocenters. The number of imidazole rings is 5. The van der Waals surface area contributed by atoms with Crippen LogP contribution in [-0.2, 0) is 0 Å². The van der Waals surface area contributed by atoms with E-state index >= 15 is 0 Å². The van der Waals surface area contributed by atoms with Gasteiger partial charge in [0, 0.05) is 60.8 Å². The van der Waals surface area contributed by atoms with Gasteiger partial charge in [0.05, 0.1) is 79.8 Å². The third-order valence-electron chi connectivity index (χ3n) is 26.9. The topological polar surface area (TPSA) is 312 Å². The number of benzene rings is 5. The molecule has 4 fully saturated rings. The number of fused-ring (bicyclic) bond motifs is 10. The summed E-state index contributed by atoms with van der Waals surface area (Å²) in [6.45, 7) is 18.0. The van der Waals surface area contributed by atoms with Crippen molar-refractivity contribution in [2.45, 2.75) is 213 Å². The molecule has 698 valence electrons. The Morgan fingerprint density at radius 2 is 0.625 bits per heavy atom. The van der Waals surface area contributed by atoms with Crippen LogP contribution < -0.4 is 26.6 Å². The van der Waals surface area contributed by atoms with Crippen molar-refractivity contribution in [1.82, 2.24) is 73.0 Å². The average Bonchev–Trinajstić information content (AvgIpc) is 1.64. The van der Waals surface area contributed by atoms with Gasteiger partial charge in [-0.1, -0.05) is 67.1 Å². The van der Waals surface area contributed by atoms with Crippen LogP contribution in [0.2, 0.25) is 0 Å². The zero-order valence-electron chi connectivity index (χ0n) is 77.7. The van der Waals surface area contributed by atoms with Crippen LogP contribution in [0.5, 0.6) is 0 Å². The number of nitrogens with one attached hydrogen (secondary N) is 5. The molecule has 15 aromatic heterocycles. The summed E-state index contributed by atoms with van der Waals surface area (Å²) in [4.78, 5) is 28.5. The first-order chi connectivity index (χ1) is 66.1. The SMILES string of the molecule is Cc1cc2cc(-c3cnc4ccc(NC5CCC(O)CC5)nn34)sc2cc1C.Cc1cc2cc(-c3cnc4ccc(NCCC(C)CO)nn34)sc2cc1C.Cc1ccc2cc(-c3cnc4ccc(NC5CCC(O)CC5)nn34)sc2c1.Cc1ccc2sc(-c3cnc4ccc(NC5CCC(O)CC5)nn34)cc2c1.Cc1cccc2cc(-c3cnc4ccc(NC5CCC(O)CC5)nn34)sc12. The number of aliphatic hydroxyl groups is 5. The normalized spacial score (nSPS) is 18.8. The standard InChI is InChI=1S/C22H24N4OS.3C21H22N4OS.C21H24N4OS/c1-13-9-15-11-20(28-19(15)10-14(13)2)18-12-23-22-8-7-21(25-26(18)22)24-16-3-5-17(27)6-4-16;1-13-2-7-18-14(10-13)11-19(27-18)17-12-22-21-9-8-20(24-25(17)21)23-15-3-5-16(26)6-4-15;1-13-2-3-14-11-19(27-18(14)10-13)17-12-22-21-9-8-20(24-25(17)21)23-15-4-6-16(26)7-5-15;1-13-3-2-4-14-11-18(27-21(13)14)17-12-22-20-10-9-19(24-25(17)20)23-15-5-7-16(26)8-6-15;1-13(12-26)6-7-22-20-4-5-21-23-11-17(25(21)24-20)19-10-16-8-14(2)15(3)9-18(16)27-19/h7-12,16-17,27H,3-6H2,1-2H3,(H,24,25);2,7-12,15-16,26H,3-6H2,1H3,(H,23,24);2-3,8-12,15-16,26H,4-7H2,1H3,(H,23,24);2-4,9-12,15-16,26H,5-8H2,1H3,(H,23,24);4-5,8-11,13,26H,6-7,12H2,1-3H3,(H,22,24). The Morgan fingerprint density at radius 1 is 0.309 bits per heavy atom. The predicted molar refractivity (Wildman–Crippen MR) is 559 cm³/mol. The van der Waals surface area contributed by atoms with Gasteiger partial charge in [0.15, 0.2) is 28.2 Å². The predicted octanol–water partition coefficient (Wildman–Crippen LogP) is 23.5. The number of thiophene rings is 5. The highest BCUT2D eigenvalue weighted by atomic mass is 32.1. The van der Waals surface area contributed by atoms with Gasteiger partial charge in [-0.3, -0.25) is 0 Å². The lowest BCUT2D eigenvalue weighted by Crippen LogP contribution is -2.28. The summed E-state index contributed by atoms with van der Waals surface area (Å²) in [6.07, 6.45) is 24.5. The minimum absolute atomic E-state index is 0.143. The molecular formula is C106H114N20O5S5. The first-order valence-electron chi connectivity index (χ1n) is 47.5. The fraction of sp³-hybridized carbons (Fsp3) is 0.340. The highest BCUT2D eigenvalue weighted by Crippen LogP contribution is 2.42. The Balaban J connectivity index is 0.000000105.